The Kier molecular flexibility index (Phi) is 5.04. The normalized spacial score (nSPS) is 19.6. The summed E-state index contributed by atoms with van der Waals surface area (Å²) in [7, 11) is -3.76. The Hall–Kier alpha value is -2.33. The van der Waals surface area contributed by atoms with Gasteiger partial charge in [0.2, 0.25) is 10.0 Å². The molecule has 1 aliphatic carbocycles. The molecule has 1 aliphatic rings. The zero-order valence-electron chi connectivity index (χ0n) is 13.8. The van der Waals surface area contributed by atoms with E-state index in [9.17, 15) is 26.0 Å². The maximum absolute atomic E-state index is 13.4. The van der Waals surface area contributed by atoms with Crippen LogP contribution in [0.3, 0.4) is 0 Å². The van der Waals surface area contributed by atoms with Gasteiger partial charge in [-0.15, -0.1) is 13.2 Å². The molecule has 5 nitrogen and oxygen atoms in total. The van der Waals surface area contributed by atoms with Gasteiger partial charge in [0, 0.05) is 12.6 Å². The Labute approximate surface area is 153 Å². The summed E-state index contributed by atoms with van der Waals surface area (Å²) >= 11 is 0. The average molecular weight is 404 g/mol. The minimum absolute atomic E-state index is 0.00952. The van der Waals surface area contributed by atoms with E-state index in [1.54, 1.807) is 12.1 Å². The molecule has 0 heterocycles. The van der Waals surface area contributed by atoms with E-state index in [-0.39, 0.29) is 22.4 Å². The molecule has 0 spiro atoms. The first-order valence-corrected chi connectivity index (χ1v) is 9.49. The molecule has 0 saturated heterocycles. The van der Waals surface area contributed by atoms with Crippen LogP contribution in [0, 0.1) is 11.7 Å². The van der Waals surface area contributed by atoms with Crippen LogP contribution in [-0.2, 0) is 10.0 Å². The van der Waals surface area contributed by atoms with Gasteiger partial charge < -0.3 is 10.1 Å². The van der Waals surface area contributed by atoms with E-state index < -0.39 is 28.0 Å². The maximum Gasteiger partial charge on any atom is 0.573 e. The first-order chi connectivity index (χ1) is 12.5. The van der Waals surface area contributed by atoms with Gasteiger partial charge in [-0.2, -0.15) is 0 Å². The number of hydrogen-bond acceptors (Lipinski definition) is 4. The Morgan fingerprint density at radius 1 is 1.15 bits per heavy atom. The Bertz CT molecular complexity index is 930. The van der Waals surface area contributed by atoms with Gasteiger partial charge >= 0.3 is 6.36 Å². The van der Waals surface area contributed by atoms with E-state index in [0.717, 1.165) is 30.2 Å². The van der Waals surface area contributed by atoms with Crippen molar-refractivity contribution in [3.8, 4) is 5.75 Å². The van der Waals surface area contributed by atoms with Crippen molar-refractivity contribution in [3.05, 3.63) is 53.8 Å². The second kappa shape index (κ2) is 7.01. The number of sulfonamides is 1. The van der Waals surface area contributed by atoms with Crippen molar-refractivity contribution in [3.63, 3.8) is 0 Å². The highest BCUT2D eigenvalue weighted by Gasteiger charge is 2.38. The summed E-state index contributed by atoms with van der Waals surface area (Å²) in [5.41, 5.74) is 0.822. The van der Waals surface area contributed by atoms with Crippen LogP contribution in [0.2, 0.25) is 0 Å². The molecule has 0 amide bonds. The van der Waals surface area contributed by atoms with Crippen LogP contribution in [0.15, 0.2) is 47.4 Å². The van der Waals surface area contributed by atoms with Crippen LogP contribution < -0.4 is 15.2 Å². The molecule has 10 heteroatoms. The Balaban J connectivity index is 1.63. The van der Waals surface area contributed by atoms with Crippen LogP contribution in [0.25, 0.3) is 0 Å². The fraction of sp³-hybridized carbons (Fsp3) is 0.294. The molecule has 3 rings (SSSR count). The molecule has 0 aromatic heterocycles. The number of ether oxygens (including phenoxy) is 1. The van der Waals surface area contributed by atoms with E-state index in [1.165, 1.54) is 12.1 Å². The molecular weight excluding hydrogens is 388 g/mol. The number of rotatable bonds is 6. The van der Waals surface area contributed by atoms with Gasteiger partial charge in [-0.25, -0.2) is 17.9 Å². The summed E-state index contributed by atoms with van der Waals surface area (Å²) in [4.78, 5) is 0.00952. The fourth-order valence-electron chi connectivity index (χ4n) is 2.88. The van der Waals surface area contributed by atoms with E-state index in [2.05, 4.69) is 10.1 Å². The second-order valence-corrected chi connectivity index (χ2v) is 7.85. The number of nitrogens with two attached hydrogens (primary N) is 1. The number of nitrogens with one attached hydrogen (secondary N) is 1. The quantitative estimate of drug-likeness (QED) is 0.721. The van der Waals surface area contributed by atoms with Gasteiger partial charge in [0.25, 0.3) is 0 Å². The first kappa shape index (κ1) is 19.4. The zero-order valence-corrected chi connectivity index (χ0v) is 14.6. The summed E-state index contributed by atoms with van der Waals surface area (Å²) in [5, 5.41) is 7.84. The van der Waals surface area contributed by atoms with Crippen LogP contribution in [0.5, 0.6) is 5.75 Å². The van der Waals surface area contributed by atoms with Crippen molar-refractivity contribution in [2.75, 3.05) is 11.9 Å². The third-order valence-corrected chi connectivity index (χ3v) is 5.21. The molecule has 146 valence electrons. The molecule has 3 N–H and O–H groups in total. The SMILES string of the molecule is NS(=O)(=O)c1ccc([C@H]2CC2CNc2cc(F)ccc2OC(F)(F)F)cc1. The van der Waals surface area contributed by atoms with Gasteiger partial charge in [-0.05, 0) is 48.1 Å². The molecule has 0 radical (unpaired) electrons. The maximum atomic E-state index is 13.4. The topological polar surface area (TPSA) is 81.4 Å². The van der Waals surface area contributed by atoms with Crippen molar-refractivity contribution in [1.29, 1.82) is 0 Å². The summed E-state index contributed by atoms with van der Waals surface area (Å²) < 4.78 is 77.1. The van der Waals surface area contributed by atoms with Gasteiger partial charge in [0.05, 0.1) is 10.6 Å². The summed E-state index contributed by atoms with van der Waals surface area (Å²) in [6.07, 6.45) is -4.10. The Morgan fingerprint density at radius 2 is 1.81 bits per heavy atom. The van der Waals surface area contributed by atoms with Crippen LogP contribution >= 0.6 is 0 Å². The third kappa shape index (κ3) is 5.10. The number of hydrogen-bond donors (Lipinski definition) is 2. The van der Waals surface area contributed by atoms with E-state index >= 15 is 0 Å². The minimum Gasteiger partial charge on any atom is -0.404 e. The lowest BCUT2D eigenvalue weighted by atomic mass is 10.1. The summed E-state index contributed by atoms with van der Waals surface area (Å²) in [6.45, 7) is 0.319. The lowest BCUT2D eigenvalue weighted by molar-refractivity contribution is -0.274. The van der Waals surface area contributed by atoms with Crippen LogP contribution in [0.4, 0.5) is 23.2 Å². The highest BCUT2D eigenvalue weighted by Crippen LogP contribution is 2.47. The van der Waals surface area contributed by atoms with Crippen molar-refractivity contribution in [2.24, 2.45) is 11.1 Å². The molecule has 0 bridgehead atoms. The van der Waals surface area contributed by atoms with Crippen molar-refractivity contribution >= 4 is 15.7 Å². The average Bonchev–Trinajstić information content (AvgIpc) is 3.33. The fourth-order valence-corrected chi connectivity index (χ4v) is 3.40. The minimum atomic E-state index is -4.87. The largest absolute Gasteiger partial charge is 0.573 e. The number of halogens is 4. The third-order valence-electron chi connectivity index (χ3n) is 4.28. The molecule has 1 saturated carbocycles. The summed E-state index contributed by atoms with van der Waals surface area (Å²) in [5.74, 6) is -0.934. The number of alkyl halides is 3. The molecule has 0 aliphatic heterocycles. The molecule has 2 aromatic carbocycles. The molecule has 1 unspecified atom stereocenters. The smallest absolute Gasteiger partial charge is 0.404 e. The van der Waals surface area contributed by atoms with Gasteiger partial charge in [0.1, 0.15) is 5.82 Å². The second-order valence-electron chi connectivity index (χ2n) is 6.29. The van der Waals surface area contributed by atoms with Crippen LogP contribution in [0.1, 0.15) is 17.9 Å². The highest BCUT2D eigenvalue weighted by atomic mass is 32.2. The number of anilines is 1. The van der Waals surface area contributed by atoms with Crippen molar-refractivity contribution in [1.82, 2.24) is 0 Å². The Morgan fingerprint density at radius 3 is 2.41 bits per heavy atom. The number of benzene rings is 2. The standard InChI is InChI=1S/C17H16F4N2O3S/c18-12-3-6-16(26-17(19,20)21)15(8-12)23-9-11-7-14(11)10-1-4-13(5-2-10)27(22,24)25/h1-6,8,11,14,23H,7,9H2,(H2,22,24,25)/t11?,14-/m1/s1. The van der Waals surface area contributed by atoms with E-state index in [1.807, 2.05) is 0 Å². The lowest BCUT2D eigenvalue weighted by Crippen LogP contribution is -2.18. The highest BCUT2D eigenvalue weighted by molar-refractivity contribution is 7.89. The molecule has 2 aromatic rings. The van der Waals surface area contributed by atoms with Crippen LogP contribution in [-0.4, -0.2) is 21.3 Å². The molecular formula is C17H16F4N2O3S. The van der Waals surface area contributed by atoms with Crippen molar-refractivity contribution in [2.45, 2.75) is 23.6 Å². The number of primary sulfonamides is 1. The van der Waals surface area contributed by atoms with Gasteiger partial charge in [-0.3, -0.25) is 0 Å². The van der Waals surface area contributed by atoms with E-state index in [4.69, 9.17) is 5.14 Å². The first-order valence-electron chi connectivity index (χ1n) is 7.95. The lowest BCUT2D eigenvalue weighted by Gasteiger charge is -2.14. The van der Waals surface area contributed by atoms with E-state index in [0.29, 0.717) is 6.54 Å². The van der Waals surface area contributed by atoms with Gasteiger partial charge in [-0.1, -0.05) is 12.1 Å². The summed E-state index contributed by atoms with van der Waals surface area (Å²) in [6, 6.07) is 8.89. The molecule has 2 atom stereocenters. The monoisotopic (exact) mass is 404 g/mol. The van der Waals surface area contributed by atoms with Crippen molar-refractivity contribution < 1.29 is 30.7 Å². The zero-order chi connectivity index (χ0) is 19.8. The predicted molar refractivity (Wildman–Crippen MR) is 90.2 cm³/mol. The molecule has 1 fully saturated rings. The molecule has 27 heavy (non-hydrogen) atoms. The predicted octanol–water partition coefficient (Wildman–Crippen LogP) is 3.59. The van der Waals surface area contributed by atoms with Gasteiger partial charge in [0.15, 0.2) is 5.75 Å².